The molecule has 3 aromatic rings. The molecule has 2 aromatic carbocycles. The molecule has 8 heteroatoms. The maximum absolute atomic E-state index is 13.2. The molecule has 1 aromatic heterocycles. The van der Waals surface area contributed by atoms with Gasteiger partial charge in [0.2, 0.25) is 0 Å². The van der Waals surface area contributed by atoms with Gasteiger partial charge in [0, 0.05) is 37.4 Å². The van der Waals surface area contributed by atoms with Crippen LogP contribution in [0.25, 0.3) is 11.3 Å². The zero-order chi connectivity index (χ0) is 19.5. The van der Waals surface area contributed by atoms with E-state index in [0.29, 0.717) is 29.2 Å². The van der Waals surface area contributed by atoms with Crippen LogP contribution in [0.15, 0.2) is 48.5 Å². The number of halogens is 1. The van der Waals surface area contributed by atoms with Gasteiger partial charge >= 0.3 is 0 Å². The van der Waals surface area contributed by atoms with E-state index in [1.165, 1.54) is 12.1 Å². The number of nitrogens with zero attached hydrogens (tertiary/aromatic N) is 4. The van der Waals surface area contributed by atoms with Gasteiger partial charge in [0.15, 0.2) is 0 Å². The van der Waals surface area contributed by atoms with Crippen LogP contribution < -0.4 is 9.64 Å². The molecule has 0 saturated carbocycles. The highest BCUT2D eigenvalue weighted by atomic mass is 32.1. The number of methoxy groups -OCH3 is 1. The van der Waals surface area contributed by atoms with Crippen molar-refractivity contribution < 1.29 is 13.9 Å². The predicted octanol–water partition coefficient (Wildman–Crippen LogP) is 3.32. The molecule has 4 rings (SSSR count). The van der Waals surface area contributed by atoms with Crippen molar-refractivity contribution in [2.75, 3.05) is 38.2 Å². The lowest BCUT2D eigenvalue weighted by Gasteiger charge is -2.36. The fourth-order valence-corrected chi connectivity index (χ4v) is 3.89. The van der Waals surface area contributed by atoms with Crippen LogP contribution >= 0.6 is 11.5 Å². The summed E-state index contributed by atoms with van der Waals surface area (Å²) in [5.74, 6) is 0.418. The van der Waals surface area contributed by atoms with E-state index >= 15 is 0 Å². The molecule has 0 bridgehead atoms. The van der Waals surface area contributed by atoms with Gasteiger partial charge in [0.25, 0.3) is 5.91 Å². The molecule has 0 aliphatic carbocycles. The normalized spacial score (nSPS) is 14.2. The number of anilines is 1. The molecule has 6 nitrogen and oxygen atoms in total. The maximum atomic E-state index is 13.2. The maximum Gasteiger partial charge on any atom is 0.268 e. The van der Waals surface area contributed by atoms with Crippen LogP contribution in [0, 0.1) is 5.82 Å². The van der Waals surface area contributed by atoms with Crippen LogP contribution in [0.1, 0.15) is 9.67 Å². The molecule has 0 unspecified atom stereocenters. The Hall–Kier alpha value is -3.00. The molecule has 0 N–H and O–H groups in total. The van der Waals surface area contributed by atoms with Crippen LogP contribution in [0.3, 0.4) is 0 Å². The summed E-state index contributed by atoms with van der Waals surface area (Å²) in [4.78, 5) is 17.6. The molecule has 0 atom stereocenters. The molecular formula is C20H19FN4O2S. The minimum Gasteiger partial charge on any atom is -0.497 e. The van der Waals surface area contributed by atoms with Crippen molar-refractivity contribution in [1.29, 1.82) is 0 Å². The zero-order valence-electron chi connectivity index (χ0n) is 15.3. The third-order valence-electron chi connectivity index (χ3n) is 4.80. The molecule has 0 radical (unpaired) electrons. The molecule has 28 heavy (non-hydrogen) atoms. The average Bonchev–Trinajstić information content (AvgIpc) is 3.24. The minimum atomic E-state index is -0.325. The molecule has 1 saturated heterocycles. The Bertz CT molecular complexity index is 951. The first kappa shape index (κ1) is 18.4. The van der Waals surface area contributed by atoms with Crippen molar-refractivity contribution >= 4 is 23.1 Å². The van der Waals surface area contributed by atoms with Gasteiger partial charge in [0.1, 0.15) is 22.1 Å². The second-order valence-corrected chi connectivity index (χ2v) is 7.19. The van der Waals surface area contributed by atoms with Crippen LogP contribution in [-0.2, 0) is 0 Å². The summed E-state index contributed by atoms with van der Waals surface area (Å²) in [7, 11) is 1.65. The highest BCUT2D eigenvalue weighted by molar-refractivity contribution is 7.08. The Kier molecular flexibility index (Phi) is 5.21. The van der Waals surface area contributed by atoms with E-state index in [-0.39, 0.29) is 11.7 Å². The molecule has 1 aliphatic heterocycles. The van der Waals surface area contributed by atoms with Crippen molar-refractivity contribution in [3.8, 4) is 17.0 Å². The summed E-state index contributed by atoms with van der Waals surface area (Å²) >= 11 is 1.08. The van der Waals surface area contributed by atoms with E-state index in [0.717, 1.165) is 36.1 Å². The summed E-state index contributed by atoms with van der Waals surface area (Å²) in [5.41, 5.74) is 2.31. The first-order chi connectivity index (χ1) is 13.7. The molecular weight excluding hydrogens is 379 g/mol. The van der Waals surface area contributed by atoms with Gasteiger partial charge in [-0.1, -0.05) is 4.49 Å². The number of carbonyl (C=O) groups excluding carboxylic acids is 1. The Morgan fingerprint density at radius 1 is 1.04 bits per heavy atom. The number of carbonyl (C=O) groups is 1. The number of hydrogen-bond donors (Lipinski definition) is 0. The van der Waals surface area contributed by atoms with Crippen LogP contribution in [0.2, 0.25) is 0 Å². The van der Waals surface area contributed by atoms with E-state index in [4.69, 9.17) is 4.74 Å². The highest BCUT2D eigenvalue weighted by Gasteiger charge is 2.26. The minimum absolute atomic E-state index is 0.0799. The van der Waals surface area contributed by atoms with Gasteiger partial charge in [-0.25, -0.2) is 4.39 Å². The van der Waals surface area contributed by atoms with Crippen LogP contribution in [0.5, 0.6) is 5.75 Å². The molecule has 1 amide bonds. The lowest BCUT2D eigenvalue weighted by molar-refractivity contribution is 0.0752. The Labute approximate surface area is 166 Å². The van der Waals surface area contributed by atoms with Gasteiger partial charge in [-0.3, -0.25) is 4.79 Å². The number of rotatable bonds is 4. The number of aromatic nitrogens is 2. The highest BCUT2D eigenvalue weighted by Crippen LogP contribution is 2.26. The van der Waals surface area contributed by atoms with E-state index < -0.39 is 0 Å². The molecule has 1 aliphatic rings. The first-order valence-corrected chi connectivity index (χ1v) is 9.69. The Balaban J connectivity index is 1.44. The number of amides is 1. The summed E-state index contributed by atoms with van der Waals surface area (Å²) in [5, 5.41) is 4.09. The third kappa shape index (κ3) is 3.68. The van der Waals surface area contributed by atoms with Crippen molar-refractivity contribution in [2.24, 2.45) is 0 Å². The second kappa shape index (κ2) is 7.93. The average molecular weight is 398 g/mol. The second-order valence-electron chi connectivity index (χ2n) is 6.43. The smallest absolute Gasteiger partial charge is 0.268 e. The molecule has 144 valence electrons. The Morgan fingerprint density at radius 2 is 1.71 bits per heavy atom. The van der Waals surface area contributed by atoms with E-state index in [1.54, 1.807) is 19.2 Å². The van der Waals surface area contributed by atoms with Gasteiger partial charge in [0.05, 0.1) is 7.11 Å². The Morgan fingerprint density at radius 3 is 2.36 bits per heavy atom. The number of ether oxygens (including phenoxy) is 1. The number of hydrogen-bond acceptors (Lipinski definition) is 6. The van der Waals surface area contributed by atoms with Crippen molar-refractivity contribution in [1.82, 2.24) is 14.5 Å². The third-order valence-corrected chi connectivity index (χ3v) is 5.52. The fraction of sp³-hybridized carbons (Fsp3) is 0.250. The molecule has 2 heterocycles. The lowest BCUT2D eigenvalue weighted by atomic mass is 10.1. The van der Waals surface area contributed by atoms with E-state index in [2.05, 4.69) is 14.5 Å². The quantitative estimate of drug-likeness (QED) is 0.675. The van der Waals surface area contributed by atoms with Crippen LogP contribution in [-0.4, -0.2) is 53.7 Å². The zero-order valence-corrected chi connectivity index (χ0v) is 16.2. The topological polar surface area (TPSA) is 58.6 Å². The van der Waals surface area contributed by atoms with Gasteiger partial charge in [-0.15, -0.1) is 5.10 Å². The van der Waals surface area contributed by atoms with Crippen molar-refractivity contribution in [2.45, 2.75) is 0 Å². The fourth-order valence-electron chi connectivity index (χ4n) is 3.23. The van der Waals surface area contributed by atoms with Gasteiger partial charge in [-0.2, -0.15) is 0 Å². The van der Waals surface area contributed by atoms with Gasteiger partial charge in [-0.05, 0) is 60.1 Å². The number of benzene rings is 2. The summed E-state index contributed by atoms with van der Waals surface area (Å²) < 4.78 is 22.3. The SMILES string of the molecule is COc1ccc(N2CCN(C(=O)c3snnc3-c3ccc(F)cc3)CC2)cc1. The summed E-state index contributed by atoms with van der Waals surface area (Å²) in [6.45, 7) is 2.73. The molecule has 0 spiro atoms. The largest absolute Gasteiger partial charge is 0.497 e. The first-order valence-electron chi connectivity index (χ1n) is 8.92. The predicted molar refractivity (Wildman–Crippen MR) is 106 cm³/mol. The monoisotopic (exact) mass is 398 g/mol. The van der Waals surface area contributed by atoms with Crippen molar-refractivity contribution in [3.63, 3.8) is 0 Å². The lowest BCUT2D eigenvalue weighted by Crippen LogP contribution is -2.48. The summed E-state index contributed by atoms with van der Waals surface area (Å²) in [6, 6.07) is 13.9. The van der Waals surface area contributed by atoms with Gasteiger partial charge < -0.3 is 14.5 Å². The van der Waals surface area contributed by atoms with E-state index in [1.807, 2.05) is 29.2 Å². The van der Waals surface area contributed by atoms with Crippen molar-refractivity contribution in [3.05, 3.63) is 59.2 Å². The number of piperazine rings is 1. The standard InChI is InChI=1S/C20H19FN4O2S/c1-27-17-8-6-16(7-9-17)24-10-12-25(13-11-24)20(26)19-18(22-23-28-19)14-2-4-15(21)5-3-14/h2-9H,10-13H2,1H3. The molecule has 1 fully saturated rings. The van der Waals surface area contributed by atoms with E-state index in [9.17, 15) is 9.18 Å². The summed E-state index contributed by atoms with van der Waals surface area (Å²) in [6.07, 6.45) is 0. The van der Waals surface area contributed by atoms with Crippen LogP contribution in [0.4, 0.5) is 10.1 Å².